The first-order valence-electron chi connectivity index (χ1n) is 9.52. The number of nitrogens with one attached hydrogen (secondary N) is 1. The summed E-state index contributed by atoms with van der Waals surface area (Å²) in [4.78, 5) is 26.7. The van der Waals surface area contributed by atoms with Gasteiger partial charge in [-0.1, -0.05) is 5.16 Å². The molecule has 0 atom stereocenters. The molecule has 0 saturated carbocycles. The Morgan fingerprint density at radius 3 is 2.34 bits per heavy atom. The number of aromatic nitrogens is 1. The molecule has 0 aliphatic carbocycles. The van der Waals surface area contributed by atoms with Gasteiger partial charge in [-0.15, -0.1) is 0 Å². The topological polar surface area (TPSA) is 110 Å². The summed E-state index contributed by atoms with van der Waals surface area (Å²) in [6.45, 7) is 4.82. The Bertz CT molecular complexity index is 987. The zero-order valence-electron chi connectivity index (χ0n) is 16.7. The molecule has 1 aromatic heterocycles. The molecule has 9 heteroatoms. The lowest BCUT2D eigenvalue weighted by Gasteiger charge is -2.31. The van der Waals surface area contributed by atoms with Crippen LogP contribution in [0.5, 0.6) is 0 Å². The monoisotopic (exact) mass is 419 g/mol. The van der Waals surface area contributed by atoms with Crippen LogP contribution in [0, 0.1) is 5.92 Å². The van der Waals surface area contributed by atoms with Gasteiger partial charge >= 0.3 is 0 Å². The predicted octanol–water partition coefficient (Wildman–Crippen LogP) is 2.12. The van der Waals surface area contributed by atoms with Gasteiger partial charge in [0, 0.05) is 42.9 Å². The van der Waals surface area contributed by atoms with Crippen LogP contribution in [0.4, 0.5) is 0 Å². The first-order chi connectivity index (χ1) is 13.6. The first-order valence-corrected chi connectivity index (χ1v) is 11.4. The maximum Gasteiger partial charge on any atom is 0.276 e. The lowest BCUT2D eigenvalue weighted by Crippen LogP contribution is -2.44. The number of hydrogen-bond acceptors (Lipinski definition) is 6. The molecule has 1 saturated heterocycles. The van der Waals surface area contributed by atoms with Crippen LogP contribution in [0.2, 0.25) is 0 Å². The van der Waals surface area contributed by atoms with Gasteiger partial charge in [-0.3, -0.25) is 9.59 Å². The smallest absolute Gasteiger partial charge is 0.276 e. The van der Waals surface area contributed by atoms with Gasteiger partial charge in [0.15, 0.2) is 21.3 Å². The molecule has 0 spiro atoms. The highest BCUT2D eigenvalue weighted by Gasteiger charge is 2.29. The minimum Gasteiger partial charge on any atom is -0.355 e. The number of sulfone groups is 1. The van der Waals surface area contributed by atoms with Crippen molar-refractivity contribution in [2.24, 2.45) is 5.92 Å². The number of benzene rings is 1. The Labute approximate surface area is 170 Å². The fourth-order valence-corrected chi connectivity index (χ4v) is 3.92. The molecule has 2 heterocycles. The Morgan fingerprint density at radius 1 is 1.17 bits per heavy atom. The van der Waals surface area contributed by atoms with E-state index in [1.54, 1.807) is 23.1 Å². The molecule has 0 bridgehead atoms. The summed E-state index contributed by atoms with van der Waals surface area (Å²) in [6, 6.07) is 7.86. The van der Waals surface area contributed by atoms with Crippen molar-refractivity contribution in [2.45, 2.75) is 37.6 Å². The molecule has 29 heavy (non-hydrogen) atoms. The van der Waals surface area contributed by atoms with Crippen molar-refractivity contribution in [2.75, 3.05) is 19.3 Å². The Kier molecular flexibility index (Phi) is 6.07. The molecule has 8 nitrogen and oxygen atoms in total. The lowest BCUT2D eigenvalue weighted by molar-refractivity contribution is -0.126. The summed E-state index contributed by atoms with van der Waals surface area (Å²) in [6.07, 6.45) is 2.37. The van der Waals surface area contributed by atoms with Crippen molar-refractivity contribution in [1.29, 1.82) is 0 Å². The average Bonchev–Trinajstić information content (AvgIpc) is 3.16. The van der Waals surface area contributed by atoms with E-state index in [9.17, 15) is 18.0 Å². The van der Waals surface area contributed by atoms with E-state index in [-0.39, 0.29) is 34.4 Å². The number of piperidine rings is 1. The molecule has 2 aromatic rings. The molecule has 3 rings (SSSR count). The lowest BCUT2D eigenvalue weighted by atomic mass is 9.95. The molecule has 2 amide bonds. The highest BCUT2D eigenvalue weighted by molar-refractivity contribution is 7.90. The van der Waals surface area contributed by atoms with E-state index < -0.39 is 9.84 Å². The highest BCUT2D eigenvalue weighted by Crippen LogP contribution is 2.24. The molecule has 1 fully saturated rings. The van der Waals surface area contributed by atoms with Crippen LogP contribution in [0.3, 0.4) is 0 Å². The van der Waals surface area contributed by atoms with E-state index in [1.165, 1.54) is 12.1 Å². The number of rotatable bonds is 5. The van der Waals surface area contributed by atoms with Gasteiger partial charge < -0.3 is 14.7 Å². The average molecular weight is 420 g/mol. The van der Waals surface area contributed by atoms with Crippen molar-refractivity contribution in [1.82, 2.24) is 15.4 Å². The van der Waals surface area contributed by atoms with Gasteiger partial charge in [-0.05, 0) is 51.0 Å². The Hall–Kier alpha value is -2.68. The minimum absolute atomic E-state index is 0.0355. The van der Waals surface area contributed by atoms with Gasteiger partial charge in [0.25, 0.3) is 5.91 Å². The van der Waals surface area contributed by atoms with E-state index in [2.05, 4.69) is 10.5 Å². The maximum atomic E-state index is 12.7. The molecule has 1 aliphatic heterocycles. The Morgan fingerprint density at radius 2 is 1.79 bits per heavy atom. The number of carbonyl (C=O) groups is 2. The fourth-order valence-electron chi connectivity index (χ4n) is 3.29. The van der Waals surface area contributed by atoms with Gasteiger partial charge in [0.05, 0.1) is 4.90 Å². The minimum atomic E-state index is -3.28. The summed E-state index contributed by atoms with van der Waals surface area (Å²) < 4.78 is 28.4. The number of carbonyl (C=O) groups excluding carboxylic acids is 2. The quantitative estimate of drug-likeness (QED) is 0.795. The van der Waals surface area contributed by atoms with Crippen LogP contribution in [0.25, 0.3) is 11.3 Å². The normalized spacial score (nSPS) is 15.5. The third-order valence-corrected chi connectivity index (χ3v) is 6.01. The predicted molar refractivity (Wildman–Crippen MR) is 107 cm³/mol. The van der Waals surface area contributed by atoms with E-state index in [1.807, 2.05) is 13.8 Å². The molecular formula is C20H25N3O5S. The van der Waals surface area contributed by atoms with Crippen molar-refractivity contribution in [3.05, 3.63) is 36.0 Å². The first kappa shape index (κ1) is 21.0. The second kappa shape index (κ2) is 8.36. The number of likely N-dealkylation sites (tertiary alicyclic amines) is 1. The van der Waals surface area contributed by atoms with Crippen molar-refractivity contribution < 1.29 is 22.5 Å². The van der Waals surface area contributed by atoms with Crippen LogP contribution in [-0.2, 0) is 14.6 Å². The van der Waals surface area contributed by atoms with Crippen LogP contribution >= 0.6 is 0 Å². The second-order valence-electron chi connectivity index (χ2n) is 7.60. The van der Waals surface area contributed by atoms with Crippen molar-refractivity contribution in [3.8, 4) is 11.3 Å². The number of nitrogens with zero attached hydrogens (tertiary/aromatic N) is 2. The fraction of sp³-hybridized carbons (Fsp3) is 0.450. The number of amides is 2. The molecule has 0 radical (unpaired) electrons. The maximum absolute atomic E-state index is 12.7. The zero-order valence-corrected chi connectivity index (χ0v) is 17.5. The van der Waals surface area contributed by atoms with Crippen LogP contribution in [-0.4, -0.2) is 55.7 Å². The molecule has 1 N–H and O–H groups in total. The van der Waals surface area contributed by atoms with Crippen molar-refractivity contribution >= 4 is 21.7 Å². The summed E-state index contributed by atoms with van der Waals surface area (Å²) in [5.41, 5.74) is 0.824. The zero-order chi connectivity index (χ0) is 21.2. The molecule has 0 unspecified atom stereocenters. The van der Waals surface area contributed by atoms with Gasteiger partial charge in [0.2, 0.25) is 5.91 Å². The Balaban J connectivity index is 1.64. The summed E-state index contributed by atoms with van der Waals surface area (Å²) in [5, 5.41) is 6.78. The molecule has 1 aromatic carbocycles. The molecule has 1 aliphatic rings. The molecule has 156 valence electrons. The third-order valence-electron chi connectivity index (χ3n) is 4.88. The standard InChI is InChI=1S/C20H25N3O5S/c1-13(2)21-19(24)15-8-10-23(11-9-15)20(25)17-12-18(28-22-17)14-4-6-16(7-5-14)29(3,26)27/h4-7,12-13,15H,8-11H2,1-3H3,(H,21,24). The van der Waals surface area contributed by atoms with Crippen LogP contribution in [0.1, 0.15) is 37.2 Å². The summed E-state index contributed by atoms with van der Waals surface area (Å²) >= 11 is 0. The van der Waals surface area contributed by atoms with Crippen LogP contribution < -0.4 is 5.32 Å². The van der Waals surface area contributed by atoms with E-state index in [0.717, 1.165) is 6.26 Å². The van der Waals surface area contributed by atoms with E-state index in [4.69, 9.17) is 4.52 Å². The van der Waals surface area contributed by atoms with Gasteiger partial charge in [0.1, 0.15) is 0 Å². The largest absolute Gasteiger partial charge is 0.355 e. The van der Waals surface area contributed by atoms with Crippen LogP contribution in [0.15, 0.2) is 39.8 Å². The summed E-state index contributed by atoms with van der Waals surface area (Å²) in [7, 11) is -3.28. The van der Waals surface area contributed by atoms with Crippen molar-refractivity contribution in [3.63, 3.8) is 0 Å². The van der Waals surface area contributed by atoms with Gasteiger partial charge in [-0.25, -0.2) is 8.42 Å². The summed E-state index contributed by atoms with van der Waals surface area (Å²) in [5.74, 6) is 0.103. The van der Waals surface area contributed by atoms with Gasteiger partial charge in [-0.2, -0.15) is 0 Å². The second-order valence-corrected chi connectivity index (χ2v) is 9.62. The molecular weight excluding hydrogens is 394 g/mol. The van der Waals surface area contributed by atoms with E-state index >= 15 is 0 Å². The van der Waals surface area contributed by atoms with E-state index in [0.29, 0.717) is 37.3 Å². The highest BCUT2D eigenvalue weighted by atomic mass is 32.2. The SMILES string of the molecule is CC(C)NC(=O)C1CCN(C(=O)c2cc(-c3ccc(S(C)(=O)=O)cc3)on2)CC1. The third kappa shape index (κ3) is 5.03. The number of hydrogen-bond donors (Lipinski definition) is 1.